The molecule has 0 bridgehead atoms. The molecule has 0 saturated carbocycles. The van der Waals surface area contributed by atoms with Crippen LogP contribution in [0.4, 0.5) is 17.6 Å². The molecule has 2 aromatic carbocycles. The van der Waals surface area contributed by atoms with Gasteiger partial charge in [-0.3, -0.25) is 14.5 Å². The zero-order valence-electron chi connectivity index (χ0n) is 21.2. The van der Waals surface area contributed by atoms with E-state index in [9.17, 15) is 27.2 Å². The van der Waals surface area contributed by atoms with Gasteiger partial charge in [-0.1, -0.05) is 18.2 Å². The van der Waals surface area contributed by atoms with Crippen LogP contribution in [-0.2, 0) is 28.8 Å². The minimum atomic E-state index is -4.61. The number of hydrogen-bond acceptors (Lipinski definition) is 5. The maximum Gasteiger partial charge on any atom is 0.416 e. The van der Waals surface area contributed by atoms with Crippen molar-refractivity contribution in [1.29, 1.82) is 0 Å². The van der Waals surface area contributed by atoms with Gasteiger partial charge in [-0.05, 0) is 48.0 Å². The highest BCUT2D eigenvalue weighted by atomic mass is 19.4. The number of carbonyl (C=O) groups is 2. The molecule has 0 atom stereocenters. The fourth-order valence-corrected chi connectivity index (χ4v) is 4.25. The van der Waals surface area contributed by atoms with Crippen molar-refractivity contribution in [1.82, 2.24) is 14.7 Å². The van der Waals surface area contributed by atoms with E-state index in [1.165, 1.54) is 40.3 Å². The smallest absolute Gasteiger partial charge is 0.416 e. The second kappa shape index (κ2) is 12.9. The normalized spacial score (nSPS) is 14.3. The highest BCUT2D eigenvalue weighted by molar-refractivity contribution is 5.96. The van der Waals surface area contributed by atoms with Gasteiger partial charge >= 0.3 is 6.18 Å². The molecule has 1 aliphatic heterocycles. The molecule has 1 aromatic heterocycles. The zero-order valence-corrected chi connectivity index (χ0v) is 21.2. The Morgan fingerprint density at radius 3 is 2.33 bits per heavy atom. The second-order valence-electron chi connectivity index (χ2n) is 9.21. The summed E-state index contributed by atoms with van der Waals surface area (Å²) in [6.07, 6.45) is -3.14. The van der Waals surface area contributed by atoms with Crippen LogP contribution >= 0.6 is 0 Å². The van der Waals surface area contributed by atoms with Crippen LogP contribution < -0.4 is 0 Å². The van der Waals surface area contributed by atoms with Gasteiger partial charge in [0.05, 0.1) is 31.6 Å². The van der Waals surface area contributed by atoms with E-state index in [-0.39, 0.29) is 31.7 Å². The molecule has 0 radical (unpaired) electrons. The van der Waals surface area contributed by atoms with E-state index in [0.717, 1.165) is 12.1 Å². The summed E-state index contributed by atoms with van der Waals surface area (Å²) in [4.78, 5) is 31.8. The minimum Gasteiger partial charge on any atom is -0.467 e. The van der Waals surface area contributed by atoms with Gasteiger partial charge in [0.15, 0.2) is 0 Å². The lowest BCUT2D eigenvalue weighted by atomic mass is 10.1. The van der Waals surface area contributed by atoms with Crippen LogP contribution in [-0.4, -0.2) is 72.5 Å². The highest BCUT2D eigenvalue weighted by Crippen LogP contribution is 2.29. The van der Waals surface area contributed by atoms with E-state index < -0.39 is 29.4 Å². The van der Waals surface area contributed by atoms with Gasteiger partial charge in [-0.25, -0.2) is 4.39 Å². The van der Waals surface area contributed by atoms with Gasteiger partial charge in [0.1, 0.15) is 18.1 Å². The third kappa shape index (κ3) is 8.14. The number of morpholine rings is 1. The van der Waals surface area contributed by atoms with Crippen LogP contribution in [0.3, 0.4) is 0 Å². The van der Waals surface area contributed by atoms with Crippen LogP contribution in [0.2, 0.25) is 0 Å². The molecule has 7 nitrogen and oxygen atoms in total. The van der Waals surface area contributed by atoms with Crippen molar-refractivity contribution in [2.75, 3.05) is 45.9 Å². The molecule has 11 heteroatoms. The lowest BCUT2D eigenvalue weighted by Gasteiger charge is -2.31. The molecular formula is C28H29F4N3O4. The molecule has 2 amide bonds. The lowest BCUT2D eigenvalue weighted by molar-refractivity contribution is -0.137. The molecule has 2 heterocycles. The number of benzene rings is 2. The lowest BCUT2D eigenvalue weighted by Crippen LogP contribution is -2.47. The quantitative estimate of drug-likeness (QED) is 0.351. The zero-order chi connectivity index (χ0) is 27.8. The Morgan fingerprint density at radius 2 is 1.67 bits per heavy atom. The summed E-state index contributed by atoms with van der Waals surface area (Å²) in [6.45, 7) is 2.78. The van der Waals surface area contributed by atoms with Gasteiger partial charge in [0.2, 0.25) is 5.91 Å². The van der Waals surface area contributed by atoms with Gasteiger partial charge in [0.25, 0.3) is 5.91 Å². The maximum absolute atomic E-state index is 13.6. The number of ether oxygens (including phenoxy) is 1. The number of hydrogen-bond donors (Lipinski definition) is 0. The van der Waals surface area contributed by atoms with E-state index in [2.05, 4.69) is 4.90 Å². The average Bonchev–Trinajstić information content (AvgIpc) is 3.45. The van der Waals surface area contributed by atoms with Crippen molar-refractivity contribution in [3.8, 4) is 0 Å². The molecule has 0 N–H and O–H groups in total. The van der Waals surface area contributed by atoms with Crippen molar-refractivity contribution in [3.63, 3.8) is 0 Å². The Balaban J connectivity index is 1.56. The average molecular weight is 548 g/mol. The summed E-state index contributed by atoms with van der Waals surface area (Å²) >= 11 is 0. The van der Waals surface area contributed by atoms with Crippen molar-refractivity contribution in [2.24, 2.45) is 0 Å². The summed E-state index contributed by atoms with van der Waals surface area (Å²) < 4.78 is 64.1. The molecule has 1 saturated heterocycles. The largest absolute Gasteiger partial charge is 0.467 e. The molecule has 39 heavy (non-hydrogen) atoms. The van der Waals surface area contributed by atoms with E-state index in [4.69, 9.17) is 9.15 Å². The highest BCUT2D eigenvalue weighted by Gasteiger charge is 2.32. The topological polar surface area (TPSA) is 66.2 Å². The number of furan rings is 1. The number of alkyl halides is 3. The molecule has 0 spiro atoms. The first-order chi connectivity index (χ1) is 18.7. The van der Waals surface area contributed by atoms with E-state index in [1.54, 1.807) is 24.3 Å². The monoisotopic (exact) mass is 547 g/mol. The number of amides is 2. The SMILES string of the molecule is O=C(CN(CCN1CCOCC1)C(=O)c1cccc(C(F)(F)F)c1)N(Cc1ccc(F)cc1)Cc1ccco1. The van der Waals surface area contributed by atoms with Gasteiger partial charge in [0, 0.05) is 38.3 Å². The Bertz CT molecular complexity index is 1230. The first kappa shape index (κ1) is 28.3. The first-order valence-corrected chi connectivity index (χ1v) is 12.5. The van der Waals surface area contributed by atoms with Crippen LogP contribution in [0.1, 0.15) is 27.2 Å². The van der Waals surface area contributed by atoms with Crippen LogP contribution in [0.25, 0.3) is 0 Å². The predicted octanol–water partition coefficient (Wildman–Crippen LogP) is 4.44. The summed E-state index contributed by atoms with van der Waals surface area (Å²) in [5.41, 5.74) is -0.431. The molecule has 0 unspecified atom stereocenters. The summed E-state index contributed by atoms with van der Waals surface area (Å²) in [5, 5.41) is 0. The number of rotatable bonds is 10. The maximum atomic E-state index is 13.6. The Morgan fingerprint density at radius 1 is 0.923 bits per heavy atom. The Labute approximate surface area is 223 Å². The Hall–Kier alpha value is -3.70. The minimum absolute atomic E-state index is 0.0955. The van der Waals surface area contributed by atoms with Crippen LogP contribution in [0.5, 0.6) is 0 Å². The molecule has 0 aliphatic carbocycles. The molecule has 1 fully saturated rings. The molecule has 3 aromatic rings. The van der Waals surface area contributed by atoms with E-state index in [1.807, 2.05) is 0 Å². The van der Waals surface area contributed by atoms with Crippen LogP contribution in [0.15, 0.2) is 71.3 Å². The third-order valence-electron chi connectivity index (χ3n) is 6.41. The molecule has 4 rings (SSSR count). The van der Waals surface area contributed by atoms with Gasteiger partial charge in [-0.15, -0.1) is 0 Å². The summed E-state index contributed by atoms with van der Waals surface area (Å²) in [7, 11) is 0. The van der Waals surface area contributed by atoms with Gasteiger partial charge in [-0.2, -0.15) is 13.2 Å². The van der Waals surface area contributed by atoms with Crippen molar-refractivity contribution >= 4 is 11.8 Å². The Kier molecular flexibility index (Phi) is 9.36. The summed E-state index contributed by atoms with van der Waals surface area (Å²) in [5.74, 6) is -1.02. The van der Waals surface area contributed by atoms with Gasteiger partial charge < -0.3 is 19.0 Å². The molecular weight excluding hydrogens is 518 g/mol. The second-order valence-corrected chi connectivity index (χ2v) is 9.21. The van der Waals surface area contributed by atoms with Crippen molar-refractivity contribution in [2.45, 2.75) is 19.3 Å². The van der Waals surface area contributed by atoms with Crippen molar-refractivity contribution in [3.05, 3.63) is 95.2 Å². The third-order valence-corrected chi connectivity index (χ3v) is 6.41. The first-order valence-electron chi connectivity index (χ1n) is 12.5. The van der Waals surface area contributed by atoms with E-state index >= 15 is 0 Å². The molecule has 1 aliphatic rings. The predicted molar refractivity (Wildman–Crippen MR) is 134 cm³/mol. The number of nitrogens with zero attached hydrogens (tertiary/aromatic N) is 3. The number of carbonyl (C=O) groups excluding carboxylic acids is 2. The van der Waals surface area contributed by atoms with Crippen LogP contribution in [0, 0.1) is 5.82 Å². The van der Waals surface area contributed by atoms with Crippen molar-refractivity contribution < 1.29 is 36.3 Å². The fraction of sp³-hybridized carbons (Fsp3) is 0.357. The summed E-state index contributed by atoms with van der Waals surface area (Å²) in [6, 6.07) is 13.3. The standard InChI is InChI=1S/C28H29F4N3O4/c29-24-8-6-21(7-9-24)18-35(19-25-5-2-14-39-25)26(36)20-34(11-10-33-12-15-38-16-13-33)27(37)22-3-1-4-23(17-22)28(30,31)32/h1-9,14,17H,10-13,15-16,18-20H2. The van der Waals surface area contributed by atoms with E-state index in [0.29, 0.717) is 44.2 Å². The molecule has 208 valence electrons. The fourth-order valence-electron chi connectivity index (χ4n) is 4.25. The number of halogens is 4.